The Bertz CT molecular complexity index is 677. The molecule has 7 heteroatoms. The van der Waals surface area contributed by atoms with E-state index in [4.69, 9.17) is 20.9 Å². The summed E-state index contributed by atoms with van der Waals surface area (Å²) in [6.07, 6.45) is 0.620. The van der Waals surface area contributed by atoms with Gasteiger partial charge in [0.15, 0.2) is 5.82 Å². The minimum absolute atomic E-state index is 0.0602. The molecule has 2 heterocycles. The molecule has 0 radical (unpaired) electrons. The number of nitrogens with one attached hydrogen (secondary N) is 1. The monoisotopic (exact) mass is 339 g/mol. The summed E-state index contributed by atoms with van der Waals surface area (Å²) in [7, 11) is 0. The van der Waals surface area contributed by atoms with Crippen LogP contribution in [0.25, 0.3) is 0 Å². The number of hydrogen-bond donors (Lipinski definition) is 1. The minimum Gasteiger partial charge on any atom is -0.372 e. The molecule has 0 spiro atoms. The highest BCUT2D eigenvalue weighted by molar-refractivity contribution is 6.30. The standard InChI is InChI=1S/C16H19ClFN3O2/c1-9(2)16-20-14(23-21-16)8-19-13-5-6-22-15(13)10-3-4-11(17)12(18)7-10/h3-4,7,9,13,15,19H,5-6,8H2,1-2H3/t13-,15+/m1/s1. The van der Waals surface area contributed by atoms with E-state index in [1.54, 1.807) is 12.1 Å². The van der Waals surface area contributed by atoms with Crippen LogP contribution < -0.4 is 5.32 Å². The first kappa shape index (κ1) is 16.4. The van der Waals surface area contributed by atoms with Crippen molar-refractivity contribution in [3.05, 3.63) is 46.3 Å². The molecule has 1 aromatic carbocycles. The van der Waals surface area contributed by atoms with Gasteiger partial charge in [-0.1, -0.05) is 36.7 Å². The largest absolute Gasteiger partial charge is 0.372 e. The van der Waals surface area contributed by atoms with Crippen molar-refractivity contribution >= 4 is 11.6 Å². The summed E-state index contributed by atoms with van der Waals surface area (Å²) in [6.45, 7) is 5.10. The van der Waals surface area contributed by atoms with E-state index in [0.29, 0.717) is 24.9 Å². The number of halogens is 2. The maximum atomic E-state index is 13.6. The normalized spacial score (nSPS) is 21.3. The minimum atomic E-state index is -0.433. The molecule has 0 aliphatic carbocycles. The predicted molar refractivity (Wildman–Crippen MR) is 83.7 cm³/mol. The summed E-state index contributed by atoms with van der Waals surface area (Å²) >= 11 is 5.73. The Morgan fingerprint density at radius 3 is 2.96 bits per heavy atom. The zero-order valence-corrected chi connectivity index (χ0v) is 13.8. The third kappa shape index (κ3) is 3.71. The van der Waals surface area contributed by atoms with Crippen LogP contribution >= 0.6 is 11.6 Å². The van der Waals surface area contributed by atoms with Crippen molar-refractivity contribution < 1.29 is 13.7 Å². The van der Waals surface area contributed by atoms with Crippen LogP contribution in [0.1, 0.15) is 49.6 Å². The van der Waals surface area contributed by atoms with Gasteiger partial charge in [0.2, 0.25) is 5.89 Å². The van der Waals surface area contributed by atoms with E-state index in [2.05, 4.69) is 15.5 Å². The maximum Gasteiger partial charge on any atom is 0.240 e. The maximum absolute atomic E-state index is 13.6. The van der Waals surface area contributed by atoms with Gasteiger partial charge in [-0.25, -0.2) is 4.39 Å². The molecule has 23 heavy (non-hydrogen) atoms. The highest BCUT2D eigenvalue weighted by Crippen LogP contribution is 2.31. The fraction of sp³-hybridized carbons (Fsp3) is 0.500. The van der Waals surface area contributed by atoms with E-state index < -0.39 is 5.82 Å². The SMILES string of the molecule is CC(C)c1noc(CN[C@@H]2CCO[C@H]2c2ccc(Cl)c(F)c2)n1. The van der Waals surface area contributed by atoms with Gasteiger partial charge in [0, 0.05) is 18.6 Å². The summed E-state index contributed by atoms with van der Waals surface area (Å²) in [5, 5.41) is 7.41. The molecular formula is C16H19ClFN3O2. The zero-order valence-electron chi connectivity index (χ0n) is 13.1. The second kappa shape index (κ2) is 6.95. The number of nitrogens with zero attached hydrogens (tertiary/aromatic N) is 2. The molecule has 1 aliphatic heterocycles. The highest BCUT2D eigenvalue weighted by atomic mass is 35.5. The van der Waals surface area contributed by atoms with Gasteiger partial charge >= 0.3 is 0 Å². The molecule has 3 rings (SSSR count). The molecule has 1 aliphatic rings. The Morgan fingerprint density at radius 2 is 2.26 bits per heavy atom. The van der Waals surface area contributed by atoms with Gasteiger partial charge in [0.25, 0.3) is 0 Å². The summed E-state index contributed by atoms with van der Waals surface area (Å²) in [5.41, 5.74) is 0.773. The average molecular weight is 340 g/mol. The molecule has 0 unspecified atom stereocenters. The Labute approximate surface area is 139 Å². The van der Waals surface area contributed by atoms with Gasteiger partial charge in [-0.15, -0.1) is 0 Å². The van der Waals surface area contributed by atoms with E-state index in [1.165, 1.54) is 6.07 Å². The summed E-state index contributed by atoms with van der Waals surface area (Å²) in [4.78, 5) is 4.34. The molecule has 0 amide bonds. The van der Waals surface area contributed by atoms with Gasteiger partial charge < -0.3 is 14.6 Å². The molecule has 5 nitrogen and oxygen atoms in total. The summed E-state index contributed by atoms with van der Waals surface area (Å²) < 4.78 is 24.6. The van der Waals surface area contributed by atoms with Gasteiger partial charge in [0.05, 0.1) is 17.7 Å². The van der Waals surface area contributed by atoms with Crippen LogP contribution in [0.4, 0.5) is 4.39 Å². The van der Waals surface area contributed by atoms with E-state index >= 15 is 0 Å². The molecule has 2 atom stereocenters. The van der Waals surface area contributed by atoms with Crippen LogP contribution in [0.3, 0.4) is 0 Å². The first-order valence-corrected chi connectivity index (χ1v) is 8.05. The Kier molecular flexibility index (Phi) is 4.94. The molecule has 1 aromatic heterocycles. The number of benzene rings is 1. The molecule has 2 aromatic rings. The van der Waals surface area contributed by atoms with Gasteiger partial charge in [-0.2, -0.15) is 4.98 Å². The number of hydrogen-bond acceptors (Lipinski definition) is 5. The quantitative estimate of drug-likeness (QED) is 0.901. The summed E-state index contributed by atoms with van der Waals surface area (Å²) in [6, 6.07) is 4.83. The van der Waals surface area contributed by atoms with Gasteiger partial charge in [-0.05, 0) is 24.1 Å². The van der Waals surface area contributed by atoms with Crippen molar-refractivity contribution in [2.45, 2.75) is 44.9 Å². The second-order valence-electron chi connectivity index (χ2n) is 5.94. The first-order valence-electron chi connectivity index (χ1n) is 7.67. The van der Waals surface area contributed by atoms with Gasteiger partial charge in [0.1, 0.15) is 5.82 Å². The summed E-state index contributed by atoms with van der Waals surface area (Å²) in [5.74, 6) is 1.03. The van der Waals surface area contributed by atoms with Gasteiger partial charge in [-0.3, -0.25) is 0 Å². The lowest BCUT2D eigenvalue weighted by atomic mass is 10.0. The van der Waals surface area contributed by atoms with Crippen LogP contribution in [-0.4, -0.2) is 22.8 Å². The number of ether oxygens (including phenoxy) is 1. The Morgan fingerprint density at radius 1 is 1.43 bits per heavy atom. The van der Waals surface area contributed by atoms with Crippen molar-refractivity contribution in [2.75, 3.05) is 6.61 Å². The predicted octanol–water partition coefficient (Wildman–Crippen LogP) is 3.61. The van der Waals surface area contributed by atoms with Crippen LogP contribution in [0.5, 0.6) is 0 Å². The van der Waals surface area contributed by atoms with Crippen LogP contribution in [0.2, 0.25) is 5.02 Å². The number of aromatic nitrogens is 2. The van der Waals surface area contributed by atoms with Crippen molar-refractivity contribution in [3.63, 3.8) is 0 Å². The van der Waals surface area contributed by atoms with E-state index in [-0.39, 0.29) is 23.1 Å². The molecular weight excluding hydrogens is 321 g/mol. The lowest BCUT2D eigenvalue weighted by Gasteiger charge is -2.19. The Balaban J connectivity index is 1.65. The second-order valence-corrected chi connectivity index (χ2v) is 6.35. The van der Waals surface area contributed by atoms with Crippen molar-refractivity contribution in [1.29, 1.82) is 0 Å². The average Bonchev–Trinajstić information content (AvgIpc) is 3.16. The van der Waals surface area contributed by atoms with Crippen molar-refractivity contribution in [1.82, 2.24) is 15.5 Å². The molecule has 1 saturated heterocycles. The lowest BCUT2D eigenvalue weighted by molar-refractivity contribution is 0.0976. The molecule has 1 fully saturated rings. The van der Waals surface area contributed by atoms with E-state index in [1.807, 2.05) is 13.8 Å². The highest BCUT2D eigenvalue weighted by Gasteiger charge is 2.30. The Hall–Kier alpha value is -1.50. The molecule has 1 N–H and O–H groups in total. The van der Waals surface area contributed by atoms with Crippen molar-refractivity contribution in [2.24, 2.45) is 0 Å². The first-order chi connectivity index (χ1) is 11.0. The smallest absolute Gasteiger partial charge is 0.240 e. The van der Waals surface area contributed by atoms with Crippen LogP contribution in [-0.2, 0) is 11.3 Å². The van der Waals surface area contributed by atoms with E-state index in [0.717, 1.165) is 12.0 Å². The fourth-order valence-electron chi connectivity index (χ4n) is 2.61. The molecule has 124 valence electrons. The third-order valence-electron chi connectivity index (χ3n) is 3.88. The van der Waals surface area contributed by atoms with E-state index in [9.17, 15) is 4.39 Å². The third-order valence-corrected chi connectivity index (χ3v) is 4.19. The lowest BCUT2D eigenvalue weighted by Crippen LogP contribution is -2.31. The number of rotatable bonds is 5. The fourth-order valence-corrected chi connectivity index (χ4v) is 2.73. The molecule has 0 bridgehead atoms. The molecule has 0 saturated carbocycles. The van der Waals surface area contributed by atoms with Crippen molar-refractivity contribution in [3.8, 4) is 0 Å². The topological polar surface area (TPSA) is 60.2 Å². The zero-order chi connectivity index (χ0) is 16.4. The van der Waals surface area contributed by atoms with Crippen LogP contribution in [0, 0.1) is 5.82 Å². The van der Waals surface area contributed by atoms with Crippen LogP contribution in [0.15, 0.2) is 22.7 Å².